The average molecular weight is 966 g/mol. The second-order valence-electron chi connectivity index (χ2n) is 10.7. The highest BCUT2D eigenvalue weighted by Crippen LogP contribution is 2.31. The number of nitrogens with zero attached hydrogens (tertiary/aromatic N) is 6. The van der Waals surface area contributed by atoms with Crippen molar-refractivity contribution in [3.05, 3.63) is 111 Å². The molecule has 59 heavy (non-hydrogen) atoms. The van der Waals surface area contributed by atoms with E-state index in [2.05, 4.69) is 55.1 Å². The van der Waals surface area contributed by atoms with Gasteiger partial charge < -0.3 is 10.6 Å². The molecule has 0 bridgehead atoms. The Labute approximate surface area is 362 Å². The van der Waals surface area contributed by atoms with Crippen molar-refractivity contribution >= 4 is 91.2 Å². The van der Waals surface area contributed by atoms with E-state index in [0.29, 0.717) is 0 Å². The second kappa shape index (κ2) is 24.3. The lowest BCUT2D eigenvalue weighted by molar-refractivity contribution is -0.144. The van der Waals surface area contributed by atoms with Crippen LogP contribution in [0.1, 0.15) is 47.0 Å². The number of aromatic nitrogens is 4. The van der Waals surface area contributed by atoms with Crippen LogP contribution in [-0.2, 0) is 26.4 Å². The van der Waals surface area contributed by atoms with E-state index >= 15 is 0 Å². The Balaban J connectivity index is 0. The monoisotopic (exact) mass is 963 g/mol. The number of anilines is 1. The standard InChI is InChI=1S/C13H6ClF4N3O2S.C12H8ClF4N3O2.C6H15N.CCl2S.2CH4/c1-20-10(13(16,17)18)4-11(22)21(12(20)23)9-3-8(19-5-24)6(14)2-7(9)15;1-19-9(12(15,16)17)4-10(21)20(11(19)22)8-3-7(18)5(13)2-6(8)14;1-4-7(5-2)6-3;2-1(3)4;;/h2-4H,1H3;2-4H,18H2,1H3;4-6H2,1-3H3;;2*1H4. The van der Waals surface area contributed by atoms with E-state index in [9.17, 15) is 54.3 Å². The molecule has 0 aliphatic rings. The summed E-state index contributed by atoms with van der Waals surface area (Å²) in [6.45, 7) is 10.1. The molecule has 0 unspecified atom stereocenters. The van der Waals surface area contributed by atoms with Crippen LogP contribution in [0.5, 0.6) is 0 Å². The van der Waals surface area contributed by atoms with Gasteiger partial charge in [0.15, 0.2) is 3.78 Å². The minimum absolute atomic E-state index is 0. The zero-order chi connectivity index (χ0) is 44.3. The molecule has 0 spiro atoms. The summed E-state index contributed by atoms with van der Waals surface area (Å²) >= 11 is 29.3. The summed E-state index contributed by atoms with van der Waals surface area (Å²) in [7, 11) is 1.63. The van der Waals surface area contributed by atoms with Gasteiger partial charge in [-0.15, -0.1) is 0 Å². The highest BCUT2D eigenvalue weighted by molar-refractivity contribution is 7.86. The fourth-order valence-electron chi connectivity index (χ4n) is 4.47. The molecule has 25 heteroatoms. The number of hydrogen-bond acceptors (Lipinski definition) is 9. The van der Waals surface area contributed by atoms with E-state index in [1.54, 1.807) is 0 Å². The number of nitrogens with two attached hydrogens (primary N) is 1. The summed E-state index contributed by atoms with van der Waals surface area (Å²) in [4.78, 5) is 53.8. The summed E-state index contributed by atoms with van der Waals surface area (Å²) in [6.07, 6.45) is -9.82. The van der Waals surface area contributed by atoms with Crippen LogP contribution >= 0.6 is 70.8 Å². The molecule has 328 valence electrons. The van der Waals surface area contributed by atoms with Gasteiger partial charge in [0.25, 0.3) is 11.1 Å². The largest absolute Gasteiger partial charge is 0.431 e. The molecular formula is C34H37Cl4F8N7O4S2. The first-order valence-electron chi connectivity index (χ1n) is 15.4. The van der Waals surface area contributed by atoms with Crippen LogP contribution in [0, 0.1) is 11.6 Å². The molecule has 4 aromatic rings. The van der Waals surface area contributed by atoms with Gasteiger partial charge in [-0.05, 0) is 56.1 Å². The Bertz CT molecular complexity index is 2380. The third kappa shape index (κ3) is 15.5. The van der Waals surface area contributed by atoms with Crippen LogP contribution in [0.3, 0.4) is 0 Å². The summed E-state index contributed by atoms with van der Waals surface area (Å²) in [6, 6.07) is 3.71. The van der Waals surface area contributed by atoms with Crippen molar-refractivity contribution in [1.82, 2.24) is 23.2 Å². The average Bonchev–Trinajstić information content (AvgIpc) is 3.09. The highest BCUT2D eigenvalue weighted by atomic mass is 35.5. The maximum atomic E-state index is 14.1. The van der Waals surface area contributed by atoms with Crippen molar-refractivity contribution in [1.29, 1.82) is 0 Å². The molecule has 2 N–H and O–H groups in total. The number of benzene rings is 2. The molecule has 2 aromatic carbocycles. The minimum atomic E-state index is -4.92. The van der Waals surface area contributed by atoms with E-state index < -0.39 is 69.2 Å². The molecule has 11 nitrogen and oxygen atoms in total. The number of aliphatic imine (C=N–C) groups is 1. The predicted molar refractivity (Wildman–Crippen MR) is 225 cm³/mol. The maximum absolute atomic E-state index is 14.1. The zero-order valence-electron chi connectivity index (χ0n) is 29.8. The quantitative estimate of drug-likeness (QED) is 0.0666. The Morgan fingerprint density at radius 2 is 1.07 bits per heavy atom. The van der Waals surface area contributed by atoms with Gasteiger partial charge in [0.2, 0.25) is 0 Å². The molecule has 0 saturated heterocycles. The Morgan fingerprint density at radius 1 is 0.729 bits per heavy atom. The van der Waals surface area contributed by atoms with Crippen molar-refractivity contribution in [2.45, 2.75) is 48.0 Å². The van der Waals surface area contributed by atoms with Crippen molar-refractivity contribution in [2.75, 3.05) is 25.4 Å². The van der Waals surface area contributed by atoms with E-state index in [0.717, 1.165) is 38.4 Å². The van der Waals surface area contributed by atoms with Gasteiger partial charge in [0.05, 0.1) is 38.0 Å². The van der Waals surface area contributed by atoms with Gasteiger partial charge in [0.1, 0.15) is 23.0 Å². The van der Waals surface area contributed by atoms with Crippen LogP contribution in [-0.4, -0.2) is 51.7 Å². The van der Waals surface area contributed by atoms with Crippen LogP contribution in [0.15, 0.2) is 60.6 Å². The van der Waals surface area contributed by atoms with Gasteiger partial charge in [0, 0.05) is 26.2 Å². The topological polar surface area (TPSA) is 130 Å². The first-order valence-corrected chi connectivity index (χ1v) is 17.7. The van der Waals surface area contributed by atoms with E-state index in [1.165, 1.54) is 19.6 Å². The Kier molecular flexibility index (Phi) is 23.6. The summed E-state index contributed by atoms with van der Waals surface area (Å²) in [5, 5.41) is 1.64. The lowest BCUT2D eigenvalue weighted by Gasteiger charge is -2.14. The smallest absolute Gasteiger partial charge is 0.397 e. The maximum Gasteiger partial charge on any atom is 0.431 e. The molecule has 2 heterocycles. The lowest BCUT2D eigenvalue weighted by Crippen LogP contribution is -2.41. The molecule has 0 saturated carbocycles. The fourth-order valence-corrected chi connectivity index (χ4v) is 4.91. The number of nitrogen functional groups attached to an aromatic ring is 1. The molecule has 0 amide bonds. The van der Waals surface area contributed by atoms with Crippen LogP contribution in [0.2, 0.25) is 10.0 Å². The summed E-state index contributed by atoms with van der Waals surface area (Å²) in [5.41, 5.74) is -4.30. The van der Waals surface area contributed by atoms with Crippen LogP contribution in [0.25, 0.3) is 11.4 Å². The zero-order valence-corrected chi connectivity index (χ0v) is 34.5. The van der Waals surface area contributed by atoms with E-state index in [4.69, 9.17) is 52.1 Å². The molecule has 0 fully saturated rings. The number of hydrogen-bond donors (Lipinski definition) is 1. The van der Waals surface area contributed by atoms with Gasteiger partial charge in [-0.25, -0.2) is 27.5 Å². The van der Waals surface area contributed by atoms with Gasteiger partial charge in [-0.1, -0.05) is 94.2 Å². The van der Waals surface area contributed by atoms with Crippen molar-refractivity contribution in [3.8, 4) is 11.4 Å². The van der Waals surface area contributed by atoms with E-state index in [1.807, 2.05) is 5.16 Å². The Morgan fingerprint density at radius 3 is 1.37 bits per heavy atom. The molecule has 0 atom stereocenters. The first kappa shape index (κ1) is 57.1. The predicted octanol–water partition coefficient (Wildman–Crippen LogP) is 9.38. The molecule has 0 aliphatic heterocycles. The third-order valence-electron chi connectivity index (χ3n) is 7.29. The number of isothiocyanates is 1. The number of rotatable bonds is 6. The van der Waals surface area contributed by atoms with Crippen molar-refractivity contribution < 1.29 is 35.1 Å². The molecular weight excluding hydrogens is 928 g/mol. The fraction of sp³-hybridized carbons (Fsp3) is 0.353. The van der Waals surface area contributed by atoms with Crippen LogP contribution < -0.4 is 28.2 Å². The normalized spacial score (nSPS) is 10.6. The van der Waals surface area contributed by atoms with Crippen LogP contribution in [0.4, 0.5) is 46.5 Å². The number of thiocarbonyl (C=S) groups is 2. The van der Waals surface area contributed by atoms with Gasteiger partial charge >= 0.3 is 23.7 Å². The molecule has 2 aromatic heterocycles. The van der Waals surface area contributed by atoms with Crippen molar-refractivity contribution in [3.63, 3.8) is 0 Å². The molecule has 0 radical (unpaired) electrons. The second-order valence-corrected chi connectivity index (χ2v) is 13.5. The highest BCUT2D eigenvalue weighted by Gasteiger charge is 2.36. The Hall–Kier alpha value is -3.95. The minimum Gasteiger partial charge on any atom is -0.397 e. The first-order chi connectivity index (χ1) is 26.2. The van der Waals surface area contributed by atoms with Crippen molar-refractivity contribution in [2.24, 2.45) is 19.1 Å². The van der Waals surface area contributed by atoms with Gasteiger partial charge in [-0.2, -0.15) is 31.3 Å². The number of alkyl halides is 6. The SMILES string of the molecule is C.C.CCN(CC)CC.Cn1c(C(F)(F)F)cc(=O)n(-c2cc(N)c(Cl)cc2F)c1=O.Cn1c(C(F)(F)F)cc(=O)n(-c2cc(N=C=S)c(Cl)cc2F)c1=O.S=C(Cl)Cl. The number of halogens is 12. The van der Waals surface area contributed by atoms with Gasteiger partial charge in [-0.3, -0.25) is 18.7 Å². The summed E-state index contributed by atoms with van der Waals surface area (Å²) < 4.78 is 105. The van der Waals surface area contributed by atoms with E-state index in [-0.39, 0.29) is 70.5 Å². The lowest BCUT2D eigenvalue weighted by atomic mass is 10.2. The third-order valence-corrected chi connectivity index (χ3v) is 8.01. The molecule has 0 aliphatic carbocycles. The molecule has 4 rings (SSSR count). The summed E-state index contributed by atoms with van der Waals surface area (Å²) in [5.74, 6) is -2.17.